The van der Waals surface area contributed by atoms with Crippen molar-refractivity contribution < 1.29 is 0 Å². The van der Waals surface area contributed by atoms with Gasteiger partial charge in [-0.2, -0.15) is 0 Å². The second kappa shape index (κ2) is 3.85. The van der Waals surface area contributed by atoms with Crippen LogP contribution in [0.15, 0.2) is 10.7 Å². The number of aromatic nitrogens is 2. The van der Waals surface area contributed by atoms with Crippen molar-refractivity contribution in [3.05, 3.63) is 16.5 Å². The highest BCUT2D eigenvalue weighted by molar-refractivity contribution is 9.10. The molecule has 0 saturated carbocycles. The van der Waals surface area contributed by atoms with Crippen LogP contribution in [-0.4, -0.2) is 22.6 Å². The van der Waals surface area contributed by atoms with Gasteiger partial charge in [0.2, 0.25) is 0 Å². The third kappa shape index (κ3) is 2.44. The number of anilines is 1. The van der Waals surface area contributed by atoms with E-state index in [9.17, 15) is 0 Å². The Kier molecular flexibility index (Phi) is 3.14. The summed E-state index contributed by atoms with van der Waals surface area (Å²) in [6.07, 6.45) is 1.79. The molecule has 0 spiro atoms. The van der Waals surface area contributed by atoms with Crippen molar-refractivity contribution in [3.8, 4) is 0 Å². The van der Waals surface area contributed by atoms with Crippen molar-refractivity contribution in [2.24, 2.45) is 0 Å². The van der Waals surface area contributed by atoms with E-state index < -0.39 is 0 Å². The molecule has 0 radical (unpaired) electrons. The van der Waals surface area contributed by atoms with Gasteiger partial charge in [-0.15, -0.1) is 0 Å². The molecule has 0 N–H and O–H groups in total. The van der Waals surface area contributed by atoms with Gasteiger partial charge in [-0.3, -0.25) is 0 Å². The molecular formula is C10H16BrN3. The molecule has 3 nitrogen and oxygen atoms in total. The fourth-order valence-electron chi connectivity index (χ4n) is 0.996. The molecule has 1 aromatic rings. The predicted molar refractivity (Wildman–Crippen MR) is 62.6 cm³/mol. The van der Waals surface area contributed by atoms with E-state index in [1.54, 1.807) is 6.20 Å². The lowest BCUT2D eigenvalue weighted by Gasteiger charge is -2.33. The molecule has 1 aromatic heterocycles. The first-order chi connectivity index (χ1) is 6.32. The van der Waals surface area contributed by atoms with Crippen LogP contribution in [0, 0.1) is 6.92 Å². The lowest BCUT2D eigenvalue weighted by molar-refractivity contribution is 0.532. The van der Waals surface area contributed by atoms with Crippen LogP contribution in [0.25, 0.3) is 0 Å². The molecule has 4 heteroatoms. The summed E-state index contributed by atoms with van der Waals surface area (Å²) in [6.45, 7) is 8.34. The molecule has 78 valence electrons. The Morgan fingerprint density at radius 1 is 1.36 bits per heavy atom. The van der Waals surface area contributed by atoms with E-state index in [-0.39, 0.29) is 5.54 Å². The topological polar surface area (TPSA) is 29.0 Å². The minimum absolute atomic E-state index is 0.0588. The number of nitrogens with zero attached hydrogens (tertiary/aromatic N) is 3. The van der Waals surface area contributed by atoms with Gasteiger partial charge in [0.25, 0.3) is 0 Å². The SMILES string of the molecule is Cc1ncc(Br)c(N(C)C(C)(C)C)n1. The standard InChI is InChI=1S/C10H16BrN3/c1-7-12-6-8(11)9(13-7)14(5)10(2,3)4/h6H,1-5H3. The summed E-state index contributed by atoms with van der Waals surface area (Å²) in [7, 11) is 2.03. The Hall–Kier alpha value is -0.640. The van der Waals surface area contributed by atoms with Crippen molar-refractivity contribution in [1.82, 2.24) is 9.97 Å². The molecule has 0 fully saturated rings. The first kappa shape index (κ1) is 11.4. The Balaban J connectivity index is 3.12. The fourth-order valence-corrected chi connectivity index (χ4v) is 1.45. The first-order valence-corrected chi connectivity index (χ1v) is 5.34. The number of rotatable bonds is 1. The lowest BCUT2D eigenvalue weighted by atomic mass is 10.1. The highest BCUT2D eigenvalue weighted by Gasteiger charge is 2.20. The van der Waals surface area contributed by atoms with Gasteiger partial charge >= 0.3 is 0 Å². The van der Waals surface area contributed by atoms with Crippen LogP contribution in [0.2, 0.25) is 0 Å². The summed E-state index contributed by atoms with van der Waals surface area (Å²) >= 11 is 3.46. The Labute approximate surface area is 93.7 Å². The molecule has 0 aliphatic heterocycles. The third-order valence-electron chi connectivity index (χ3n) is 2.17. The van der Waals surface area contributed by atoms with Crippen molar-refractivity contribution in [3.63, 3.8) is 0 Å². The smallest absolute Gasteiger partial charge is 0.146 e. The maximum atomic E-state index is 4.41. The molecular weight excluding hydrogens is 242 g/mol. The summed E-state index contributed by atoms with van der Waals surface area (Å²) in [6, 6.07) is 0. The van der Waals surface area contributed by atoms with Gasteiger partial charge in [0.15, 0.2) is 0 Å². The van der Waals surface area contributed by atoms with Crippen molar-refractivity contribution >= 4 is 21.7 Å². The zero-order chi connectivity index (χ0) is 10.9. The molecule has 0 aliphatic rings. The summed E-state index contributed by atoms with van der Waals surface area (Å²) in [5, 5.41) is 0. The zero-order valence-corrected chi connectivity index (χ0v) is 10.9. The summed E-state index contributed by atoms with van der Waals surface area (Å²) in [5.74, 6) is 1.73. The average Bonchev–Trinajstić information content (AvgIpc) is 2.06. The molecule has 14 heavy (non-hydrogen) atoms. The molecule has 0 atom stereocenters. The van der Waals surface area contributed by atoms with Crippen LogP contribution >= 0.6 is 15.9 Å². The van der Waals surface area contributed by atoms with E-state index in [0.717, 1.165) is 16.1 Å². The Morgan fingerprint density at radius 2 is 1.93 bits per heavy atom. The highest BCUT2D eigenvalue weighted by Crippen LogP contribution is 2.26. The number of halogens is 1. The normalized spacial score (nSPS) is 11.6. The number of aryl methyl sites for hydroxylation is 1. The molecule has 0 amide bonds. The molecule has 1 rings (SSSR count). The van der Waals surface area contributed by atoms with E-state index in [1.807, 2.05) is 14.0 Å². The van der Waals surface area contributed by atoms with Gasteiger partial charge < -0.3 is 4.90 Å². The zero-order valence-electron chi connectivity index (χ0n) is 9.30. The van der Waals surface area contributed by atoms with Gasteiger partial charge in [-0.1, -0.05) is 0 Å². The quantitative estimate of drug-likeness (QED) is 0.775. The maximum absolute atomic E-state index is 4.41. The second-order valence-corrected chi connectivity index (χ2v) is 5.17. The van der Waals surface area contributed by atoms with Gasteiger partial charge in [0.1, 0.15) is 11.6 Å². The highest BCUT2D eigenvalue weighted by atomic mass is 79.9. The van der Waals surface area contributed by atoms with Gasteiger partial charge in [-0.05, 0) is 43.6 Å². The van der Waals surface area contributed by atoms with E-state index in [1.165, 1.54) is 0 Å². The van der Waals surface area contributed by atoms with E-state index in [0.29, 0.717) is 0 Å². The van der Waals surface area contributed by atoms with Crippen molar-refractivity contribution in [2.75, 3.05) is 11.9 Å². The lowest BCUT2D eigenvalue weighted by Crippen LogP contribution is -2.39. The largest absolute Gasteiger partial charge is 0.354 e. The summed E-state index contributed by atoms with van der Waals surface area (Å²) < 4.78 is 0.931. The maximum Gasteiger partial charge on any atom is 0.146 e. The van der Waals surface area contributed by atoms with Crippen LogP contribution in [0.3, 0.4) is 0 Å². The molecule has 0 aliphatic carbocycles. The second-order valence-electron chi connectivity index (χ2n) is 4.32. The summed E-state index contributed by atoms with van der Waals surface area (Å²) in [4.78, 5) is 10.7. The van der Waals surface area contributed by atoms with E-state index in [4.69, 9.17) is 0 Å². The van der Waals surface area contributed by atoms with Crippen molar-refractivity contribution in [1.29, 1.82) is 0 Å². The average molecular weight is 258 g/mol. The van der Waals surface area contributed by atoms with Crippen molar-refractivity contribution in [2.45, 2.75) is 33.2 Å². The third-order valence-corrected chi connectivity index (χ3v) is 2.73. The number of hydrogen-bond acceptors (Lipinski definition) is 3. The first-order valence-electron chi connectivity index (χ1n) is 4.55. The van der Waals surface area contributed by atoms with E-state index in [2.05, 4.69) is 51.6 Å². The van der Waals surface area contributed by atoms with Crippen LogP contribution < -0.4 is 4.90 Å². The number of hydrogen-bond donors (Lipinski definition) is 0. The summed E-state index contributed by atoms with van der Waals surface area (Å²) in [5.41, 5.74) is 0.0588. The minimum atomic E-state index is 0.0588. The van der Waals surface area contributed by atoms with E-state index >= 15 is 0 Å². The Bertz CT molecular complexity index is 331. The monoisotopic (exact) mass is 257 g/mol. The molecule has 0 unspecified atom stereocenters. The fraction of sp³-hybridized carbons (Fsp3) is 0.600. The Morgan fingerprint density at radius 3 is 2.43 bits per heavy atom. The van der Waals surface area contributed by atoms with Gasteiger partial charge in [0, 0.05) is 18.8 Å². The molecule has 0 bridgehead atoms. The molecule has 1 heterocycles. The van der Waals surface area contributed by atoms with Gasteiger partial charge in [-0.25, -0.2) is 9.97 Å². The van der Waals surface area contributed by atoms with Crippen LogP contribution in [0.5, 0.6) is 0 Å². The molecule has 0 aromatic carbocycles. The molecule has 0 saturated heterocycles. The van der Waals surface area contributed by atoms with Crippen LogP contribution in [0.1, 0.15) is 26.6 Å². The minimum Gasteiger partial charge on any atom is -0.354 e. The van der Waals surface area contributed by atoms with Crippen LogP contribution in [-0.2, 0) is 0 Å². The van der Waals surface area contributed by atoms with Gasteiger partial charge in [0.05, 0.1) is 4.47 Å². The van der Waals surface area contributed by atoms with Crippen LogP contribution in [0.4, 0.5) is 5.82 Å². The predicted octanol–water partition coefficient (Wildman–Crippen LogP) is 2.78.